The summed E-state index contributed by atoms with van der Waals surface area (Å²) in [4.78, 5) is 53.8. The molecule has 3 heterocycles. The third-order valence-electron chi connectivity index (χ3n) is 6.79. The predicted molar refractivity (Wildman–Crippen MR) is 129 cm³/mol. The monoisotopic (exact) mass is 527 g/mol. The molecule has 11 nitrogen and oxygen atoms in total. The SMILES string of the molecule is O=C1NC(=O)C2(CCC(CNC(=O)c3cc(C(=O)NCc4ccc(F)c(Cl)c4)nc4ccnn34)CC2)N1. The highest BCUT2D eigenvalue weighted by atomic mass is 35.5. The number of benzene rings is 1. The summed E-state index contributed by atoms with van der Waals surface area (Å²) in [6, 6.07) is 6.61. The van der Waals surface area contributed by atoms with Crippen LogP contribution < -0.4 is 21.3 Å². The van der Waals surface area contributed by atoms with Crippen LogP contribution in [-0.2, 0) is 11.3 Å². The number of hydrogen-bond donors (Lipinski definition) is 4. The van der Waals surface area contributed by atoms with Crippen molar-refractivity contribution in [3.05, 3.63) is 64.3 Å². The van der Waals surface area contributed by atoms with E-state index in [1.165, 1.54) is 35.0 Å². The van der Waals surface area contributed by atoms with Crippen LogP contribution in [0.25, 0.3) is 5.65 Å². The molecule has 2 aromatic heterocycles. The van der Waals surface area contributed by atoms with Crippen molar-refractivity contribution in [1.29, 1.82) is 0 Å². The van der Waals surface area contributed by atoms with Crippen LogP contribution in [0.1, 0.15) is 52.2 Å². The number of nitrogens with one attached hydrogen (secondary N) is 4. The maximum atomic E-state index is 13.4. The van der Waals surface area contributed by atoms with Crippen molar-refractivity contribution in [2.45, 2.75) is 37.8 Å². The maximum Gasteiger partial charge on any atom is 0.322 e. The lowest BCUT2D eigenvalue weighted by molar-refractivity contribution is -0.125. The summed E-state index contributed by atoms with van der Waals surface area (Å²) >= 11 is 5.80. The van der Waals surface area contributed by atoms with Crippen molar-refractivity contribution in [2.24, 2.45) is 5.92 Å². The zero-order valence-electron chi connectivity index (χ0n) is 19.5. The van der Waals surface area contributed by atoms with Crippen molar-refractivity contribution in [2.75, 3.05) is 6.54 Å². The van der Waals surface area contributed by atoms with Gasteiger partial charge >= 0.3 is 6.03 Å². The lowest BCUT2D eigenvalue weighted by Gasteiger charge is -2.34. The maximum absolute atomic E-state index is 13.4. The Morgan fingerprint density at radius 1 is 1.14 bits per heavy atom. The fourth-order valence-electron chi connectivity index (χ4n) is 4.70. The highest BCUT2D eigenvalue weighted by Gasteiger charge is 2.47. The lowest BCUT2D eigenvalue weighted by Crippen LogP contribution is -2.50. The topological polar surface area (TPSA) is 147 Å². The predicted octanol–water partition coefficient (Wildman–Crippen LogP) is 1.95. The van der Waals surface area contributed by atoms with Crippen molar-refractivity contribution in [1.82, 2.24) is 35.9 Å². The van der Waals surface area contributed by atoms with Gasteiger partial charge in [-0.1, -0.05) is 17.7 Å². The van der Waals surface area contributed by atoms with Crippen LogP contribution in [0.4, 0.5) is 9.18 Å². The van der Waals surface area contributed by atoms with E-state index in [0.29, 0.717) is 43.4 Å². The first-order chi connectivity index (χ1) is 17.7. The van der Waals surface area contributed by atoms with Gasteiger partial charge in [-0.3, -0.25) is 19.7 Å². The van der Waals surface area contributed by atoms with Crippen LogP contribution >= 0.6 is 11.6 Å². The van der Waals surface area contributed by atoms with E-state index in [-0.39, 0.29) is 34.8 Å². The Labute approximate surface area is 215 Å². The summed E-state index contributed by atoms with van der Waals surface area (Å²) in [5.41, 5.74) is 0.233. The minimum Gasteiger partial charge on any atom is -0.350 e. The Balaban J connectivity index is 1.23. The largest absolute Gasteiger partial charge is 0.350 e. The summed E-state index contributed by atoms with van der Waals surface area (Å²) in [6.45, 7) is 0.455. The van der Waals surface area contributed by atoms with Gasteiger partial charge in [-0.05, 0) is 49.3 Å². The number of amides is 5. The fraction of sp³-hybridized carbons (Fsp3) is 0.333. The van der Waals surface area contributed by atoms with Crippen LogP contribution in [0.15, 0.2) is 36.5 Å². The number of rotatable bonds is 6. The van der Waals surface area contributed by atoms with E-state index in [9.17, 15) is 23.6 Å². The summed E-state index contributed by atoms with van der Waals surface area (Å²) < 4.78 is 14.7. The molecule has 13 heteroatoms. The van der Waals surface area contributed by atoms with E-state index in [1.54, 1.807) is 6.07 Å². The second kappa shape index (κ2) is 9.77. The third kappa shape index (κ3) is 4.96. The van der Waals surface area contributed by atoms with Crippen molar-refractivity contribution in [3.63, 3.8) is 0 Å². The first-order valence-electron chi connectivity index (χ1n) is 11.7. The van der Waals surface area contributed by atoms with E-state index in [2.05, 4.69) is 31.3 Å². The van der Waals surface area contributed by atoms with Gasteiger partial charge in [0.2, 0.25) is 0 Å². The molecule has 2 fully saturated rings. The fourth-order valence-corrected chi connectivity index (χ4v) is 4.90. The Kier molecular flexibility index (Phi) is 6.50. The van der Waals surface area contributed by atoms with Gasteiger partial charge in [0.05, 0.1) is 11.2 Å². The second-order valence-electron chi connectivity index (χ2n) is 9.20. The van der Waals surface area contributed by atoms with Gasteiger partial charge in [0.25, 0.3) is 17.7 Å². The third-order valence-corrected chi connectivity index (χ3v) is 7.08. The van der Waals surface area contributed by atoms with Gasteiger partial charge in [0.1, 0.15) is 22.7 Å². The molecule has 5 rings (SSSR count). The summed E-state index contributed by atoms with van der Waals surface area (Å²) in [7, 11) is 0. The molecule has 1 aliphatic carbocycles. The zero-order chi connectivity index (χ0) is 26.2. The number of aromatic nitrogens is 3. The summed E-state index contributed by atoms with van der Waals surface area (Å²) in [5.74, 6) is -1.68. The first-order valence-corrected chi connectivity index (χ1v) is 12.1. The minimum absolute atomic E-state index is 0.0222. The molecule has 0 bridgehead atoms. The van der Waals surface area contributed by atoms with Crippen molar-refractivity contribution >= 4 is 41.0 Å². The molecule has 37 heavy (non-hydrogen) atoms. The van der Waals surface area contributed by atoms with E-state index < -0.39 is 29.2 Å². The highest BCUT2D eigenvalue weighted by Crippen LogP contribution is 2.33. The van der Waals surface area contributed by atoms with E-state index in [0.717, 1.165) is 0 Å². The van der Waals surface area contributed by atoms with Crippen LogP contribution in [0, 0.1) is 11.7 Å². The van der Waals surface area contributed by atoms with Gasteiger partial charge in [-0.15, -0.1) is 0 Å². The number of urea groups is 1. The smallest absolute Gasteiger partial charge is 0.322 e. The Morgan fingerprint density at radius 2 is 1.92 bits per heavy atom. The highest BCUT2D eigenvalue weighted by molar-refractivity contribution is 6.30. The number of fused-ring (bicyclic) bond motifs is 1. The lowest BCUT2D eigenvalue weighted by atomic mass is 9.76. The van der Waals surface area contributed by atoms with Crippen LogP contribution in [0.5, 0.6) is 0 Å². The van der Waals surface area contributed by atoms with Gasteiger partial charge in [-0.25, -0.2) is 18.7 Å². The molecule has 5 amide bonds. The standard InChI is InChI=1S/C24H23ClFN7O4/c25-15-9-14(1-2-16(15)26)12-27-20(34)17-10-18(33-19(30-17)5-8-29-33)21(35)28-11-13-3-6-24(7-4-13)22(36)31-23(37)32-24/h1-2,5,8-10,13H,3-4,6-7,11-12H2,(H,27,34)(H,28,35)(H2,31,32,36,37). The van der Waals surface area contributed by atoms with E-state index in [1.807, 2.05) is 0 Å². The Bertz CT molecular complexity index is 1420. The molecule has 1 spiro atoms. The molecule has 192 valence electrons. The molecule has 0 unspecified atom stereocenters. The van der Waals surface area contributed by atoms with E-state index in [4.69, 9.17) is 11.6 Å². The van der Waals surface area contributed by atoms with Gasteiger partial charge in [-0.2, -0.15) is 5.10 Å². The van der Waals surface area contributed by atoms with Crippen LogP contribution in [-0.4, -0.2) is 50.4 Å². The minimum atomic E-state index is -0.856. The molecule has 4 N–H and O–H groups in total. The number of halogens is 2. The first kappa shape index (κ1) is 24.6. The molecule has 1 saturated heterocycles. The van der Waals surface area contributed by atoms with Crippen LogP contribution in [0.3, 0.4) is 0 Å². The van der Waals surface area contributed by atoms with Crippen LogP contribution in [0.2, 0.25) is 5.02 Å². The van der Waals surface area contributed by atoms with Crippen molar-refractivity contribution in [3.8, 4) is 0 Å². The number of carbonyl (C=O) groups is 4. The summed E-state index contributed by atoms with van der Waals surface area (Å²) in [5, 5.41) is 14.7. The molecule has 3 aromatic rings. The quantitative estimate of drug-likeness (QED) is 0.360. The Hall–Kier alpha value is -4.06. The van der Waals surface area contributed by atoms with E-state index >= 15 is 0 Å². The molecule has 0 radical (unpaired) electrons. The molecule has 2 aliphatic rings. The van der Waals surface area contributed by atoms with Crippen molar-refractivity contribution < 1.29 is 23.6 Å². The summed E-state index contributed by atoms with van der Waals surface area (Å²) in [6.07, 6.45) is 3.77. The average Bonchev–Trinajstić information content (AvgIpc) is 3.47. The van der Waals surface area contributed by atoms with Gasteiger partial charge in [0.15, 0.2) is 5.65 Å². The number of carbonyl (C=O) groups excluding carboxylic acids is 4. The molecular formula is C24H23ClFN7O4. The number of imide groups is 1. The molecule has 1 aliphatic heterocycles. The van der Waals surface area contributed by atoms with Gasteiger partial charge in [0, 0.05) is 25.2 Å². The molecule has 0 atom stereocenters. The second-order valence-corrected chi connectivity index (χ2v) is 9.61. The molecule has 1 saturated carbocycles. The molecule has 1 aromatic carbocycles. The molecular weight excluding hydrogens is 505 g/mol. The Morgan fingerprint density at radius 3 is 2.62 bits per heavy atom. The average molecular weight is 528 g/mol. The normalized spacial score (nSPS) is 21.1. The van der Waals surface area contributed by atoms with Gasteiger partial charge < -0.3 is 16.0 Å². The number of hydrogen-bond acceptors (Lipinski definition) is 6. The zero-order valence-corrected chi connectivity index (χ0v) is 20.3. The number of nitrogens with zero attached hydrogens (tertiary/aromatic N) is 3.